The maximum atomic E-state index is 12.9. The number of carbonyl (C=O) groups excluding carboxylic acids is 2. The molecule has 0 aliphatic heterocycles. The molecule has 2 aromatic rings. The highest BCUT2D eigenvalue weighted by Gasteiger charge is 2.21. The maximum absolute atomic E-state index is 12.9. The number of carbonyl (C=O) groups is 2. The van der Waals surface area contributed by atoms with Crippen LogP contribution in [-0.4, -0.2) is 37.5 Å². The van der Waals surface area contributed by atoms with E-state index in [0.29, 0.717) is 11.5 Å². The number of rotatable bonds is 10. The first-order valence-electron chi connectivity index (χ1n) is 9.97. The van der Waals surface area contributed by atoms with Crippen molar-refractivity contribution < 1.29 is 19.1 Å². The van der Waals surface area contributed by atoms with Crippen molar-refractivity contribution in [1.82, 2.24) is 4.90 Å². The zero-order valence-electron chi connectivity index (χ0n) is 18.1. The Morgan fingerprint density at radius 3 is 2.30 bits per heavy atom. The second-order valence-electron chi connectivity index (χ2n) is 7.05. The van der Waals surface area contributed by atoms with Crippen molar-refractivity contribution >= 4 is 17.9 Å². The number of nitrogens with zero attached hydrogens (tertiary/aromatic N) is 1. The predicted octanol–water partition coefficient (Wildman–Crippen LogP) is 3.74. The van der Waals surface area contributed by atoms with Gasteiger partial charge in [-0.25, -0.2) is 0 Å². The molecule has 1 unspecified atom stereocenters. The summed E-state index contributed by atoms with van der Waals surface area (Å²) >= 11 is 0. The van der Waals surface area contributed by atoms with Crippen LogP contribution in [0.4, 0.5) is 0 Å². The van der Waals surface area contributed by atoms with Crippen molar-refractivity contribution in [2.24, 2.45) is 5.73 Å². The summed E-state index contributed by atoms with van der Waals surface area (Å²) in [4.78, 5) is 25.9. The number of aryl methyl sites for hydroxylation is 1. The number of benzene rings is 2. The fourth-order valence-electron chi connectivity index (χ4n) is 3.22. The van der Waals surface area contributed by atoms with Crippen LogP contribution >= 0.6 is 0 Å². The molecule has 1 atom stereocenters. The minimum absolute atomic E-state index is 0.160. The Morgan fingerprint density at radius 1 is 1.07 bits per heavy atom. The van der Waals surface area contributed by atoms with E-state index in [2.05, 4.69) is 19.1 Å². The smallest absolute Gasteiger partial charge is 0.247 e. The van der Waals surface area contributed by atoms with Crippen LogP contribution in [0.1, 0.15) is 43.0 Å². The SMILES string of the molecule is CCCc1ccc(C(C)N(CC(N)=O)C(=O)C=Cc2ccc(OC)c(OC)c2)cc1. The molecular formula is C24H30N2O4. The first-order valence-corrected chi connectivity index (χ1v) is 9.97. The minimum Gasteiger partial charge on any atom is -0.493 e. The van der Waals surface area contributed by atoms with Gasteiger partial charge in [0.25, 0.3) is 0 Å². The highest BCUT2D eigenvalue weighted by molar-refractivity contribution is 5.94. The topological polar surface area (TPSA) is 81.9 Å². The van der Waals surface area contributed by atoms with E-state index in [1.54, 1.807) is 32.4 Å². The molecule has 6 nitrogen and oxygen atoms in total. The predicted molar refractivity (Wildman–Crippen MR) is 118 cm³/mol. The van der Waals surface area contributed by atoms with Gasteiger partial charge in [0.05, 0.1) is 20.3 Å². The molecule has 2 amide bonds. The Bertz CT molecular complexity index is 891. The first-order chi connectivity index (χ1) is 14.4. The van der Waals surface area contributed by atoms with Crippen LogP contribution in [0.3, 0.4) is 0 Å². The number of ether oxygens (including phenoxy) is 2. The summed E-state index contributed by atoms with van der Waals surface area (Å²) in [7, 11) is 3.12. The molecule has 0 saturated heterocycles. The molecule has 0 bridgehead atoms. The molecule has 0 aliphatic carbocycles. The molecule has 6 heteroatoms. The van der Waals surface area contributed by atoms with E-state index < -0.39 is 5.91 Å². The molecule has 2 N–H and O–H groups in total. The lowest BCUT2D eigenvalue weighted by Crippen LogP contribution is -2.39. The Kier molecular flexibility index (Phi) is 8.47. The van der Waals surface area contributed by atoms with Crippen molar-refractivity contribution in [2.45, 2.75) is 32.7 Å². The van der Waals surface area contributed by atoms with Gasteiger partial charge >= 0.3 is 0 Å². The molecule has 0 fully saturated rings. The highest BCUT2D eigenvalue weighted by Crippen LogP contribution is 2.28. The lowest BCUT2D eigenvalue weighted by Gasteiger charge is -2.27. The average Bonchev–Trinajstić information content (AvgIpc) is 2.75. The van der Waals surface area contributed by atoms with Gasteiger partial charge < -0.3 is 20.1 Å². The summed E-state index contributed by atoms with van der Waals surface area (Å²) in [5.41, 5.74) is 8.37. The quantitative estimate of drug-likeness (QED) is 0.605. The van der Waals surface area contributed by atoms with Crippen LogP contribution in [0.2, 0.25) is 0 Å². The molecule has 2 rings (SSSR count). The van der Waals surface area contributed by atoms with Gasteiger partial charge in [-0.05, 0) is 48.2 Å². The van der Waals surface area contributed by atoms with Gasteiger partial charge in [-0.3, -0.25) is 9.59 Å². The zero-order valence-corrected chi connectivity index (χ0v) is 18.1. The van der Waals surface area contributed by atoms with Gasteiger partial charge in [0, 0.05) is 6.08 Å². The van der Waals surface area contributed by atoms with Gasteiger partial charge in [-0.1, -0.05) is 43.7 Å². The van der Waals surface area contributed by atoms with Crippen molar-refractivity contribution in [1.29, 1.82) is 0 Å². The van der Waals surface area contributed by atoms with Crippen LogP contribution in [0, 0.1) is 0 Å². The normalized spacial score (nSPS) is 11.9. The van der Waals surface area contributed by atoms with Gasteiger partial charge in [0.1, 0.15) is 6.54 Å². The summed E-state index contributed by atoms with van der Waals surface area (Å²) in [6, 6.07) is 13.2. The fourth-order valence-corrected chi connectivity index (χ4v) is 3.22. The molecule has 160 valence electrons. The molecule has 0 aliphatic rings. The summed E-state index contributed by atoms with van der Waals surface area (Å²) < 4.78 is 10.5. The summed E-state index contributed by atoms with van der Waals surface area (Å²) in [5.74, 6) is 0.323. The Hall–Kier alpha value is -3.28. The lowest BCUT2D eigenvalue weighted by atomic mass is 10.0. The summed E-state index contributed by atoms with van der Waals surface area (Å²) in [5, 5.41) is 0. The van der Waals surface area contributed by atoms with Crippen LogP contribution in [-0.2, 0) is 16.0 Å². The van der Waals surface area contributed by atoms with Gasteiger partial charge in [-0.15, -0.1) is 0 Å². The number of primary amides is 1. The third-order valence-electron chi connectivity index (χ3n) is 4.90. The van der Waals surface area contributed by atoms with Gasteiger partial charge in [0.15, 0.2) is 11.5 Å². The van der Waals surface area contributed by atoms with Gasteiger partial charge in [0.2, 0.25) is 11.8 Å². The second kappa shape index (κ2) is 11.0. The Labute approximate surface area is 178 Å². The van der Waals surface area contributed by atoms with E-state index in [-0.39, 0.29) is 18.5 Å². The average molecular weight is 411 g/mol. The molecule has 2 aromatic carbocycles. The van der Waals surface area contributed by atoms with Gasteiger partial charge in [-0.2, -0.15) is 0 Å². The summed E-state index contributed by atoms with van der Waals surface area (Å²) in [6.45, 7) is 3.86. The number of nitrogens with two attached hydrogens (primary N) is 1. The van der Waals surface area contributed by atoms with E-state index in [0.717, 1.165) is 24.0 Å². The van der Waals surface area contributed by atoms with Crippen molar-refractivity contribution in [3.63, 3.8) is 0 Å². The Morgan fingerprint density at radius 2 is 1.73 bits per heavy atom. The van der Waals surface area contributed by atoms with Crippen molar-refractivity contribution in [3.05, 3.63) is 65.2 Å². The largest absolute Gasteiger partial charge is 0.493 e. The molecule has 30 heavy (non-hydrogen) atoms. The maximum Gasteiger partial charge on any atom is 0.247 e. The van der Waals surface area contributed by atoms with E-state index >= 15 is 0 Å². The standard InChI is InChI=1S/C24H30N2O4/c1-5-6-18-7-11-20(12-8-18)17(2)26(16-23(25)27)24(28)14-10-19-9-13-21(29-3)22(15-19)30-4/h7-15,17H,5-6,16H2,1-4H3,(H2,25,27). The van der Waals surface area contributed by atoms with Crippen LogP contribution < -0.4 is 15.2 Å². The molecule has 0 saturated carbocycles. The number of hydrogen-bond donors (Lipinski definition) is 1. The third-order valence-corrected chi connectivity index (χ3v) is 4.90. The lowest BCUT2D eigenvalue weighted by molar-refractivity contribution is -0.133. The molecule has 0 spiro atoms. The van der Waals surface area contributed by atoms with Crippen LogP contribution in [0.15, 0.2) is 48.5 Å². The molecule has 0 radical (unpaired) electrons. The Balaban J connectivity index is 2.22. The monoisotopic (exact) mass is 410 g/mol. The molecular weight excluding hydrogens is 380 g/mol. The fraction of sp³-hybridized carbons (Fsp3) is 0.333. The zero-order chi connectivity index (χ0) is 22.1. The minimum atomic E-state index is -0.558. The third kappa shape index (κ3) is 6.11. The van der Waals surface area contributed by atoms with Crippen molar-refractivity contribution in [3.8, 4) is 11.5 Å². The highest BCUT2D eigenvalue weighted by atomic mass is 16.5. The molecule has 0 heterocycles. The van der Waals surface area contributed by atoms with E-state index in [4.69, 9.17) is 15.2 Å². The van der Waals surface area contributed by atoms with E-state index in [1.807, 2.05) is 25.1 Å². The molecule has 0 aromatic heterocycles. The number of hydrogen-bond acceptors (Lipinski definition) is 4. The van der Waals surface area contributed by atoms with E-state index in [9.17, 15) is 9.59 Å². The van der Waals surface area contributed by atoms with Crippen LogP contribution in [0.5, 0.6) is 11.5 Å². The summed E-state index contributed by atoms with van der Waals surface area (Å²) in [6.07, 6.45) is 5.19. The van der Waals surface area contributed by atoms with E-state index in [1.165, 1.54) is 16.5 Å². The second-order valence-corrected chi connectivity index (χ2v) is 7.05. The number of methoxy groups -OCH3 is 2. The van der Waals surface area contributed by atoms with Crippen LogP contribution in [0.25, 0.3) is 6.08 Å². The number of amides is 2. The first kappa shape index (κ1) is 23.0. The van der Waals surface area contributed by atoms with Crippen molar-refractivity contribution in [2.75, 3.05) is 20.8 Å².